The van der Waals surface area contributed by atoms with Crippen molar-refractivity contribution in [2.45, 2.75) is 26.7 Å². The molecule has 0 aliphatic rings. The van der Waals surface area contributed by atoms with E-state index in [1.54, 1.807) is 19.1 Å². The van der Waals surface area contributed by atoms with Gasteiger partial charge in [-0.15, -0.1) is 0 Å². The van der Waals surface area contributed by atoms with Gasteiger partial charge in [-0.25, -0.2) is 9.36 Å². The average Bonchev–Trinajstić information content (AvgIpc) is 2.37. The van der Waals surface area contributed by atoms with E-state index >= 15 is 0 Å². The number of hydrogen-bond donors (Lipinski definition) is 2. The van der Waals surface area contributed by atoms with Gasteiger partial charge in [-0.1, -0.05) is 26.0 Å². The van der Waals surface area contributed by atoms with Gasteiger partial charge in [0, 0.05) is 10.9 Å². The van der Waals surface area contributed by atoms with Gasteiger partial charge in [0.1, 0.15) is 5.58 Å². The highest BCUT2D eigenvalue weighted by atomic mass is 31.2. The smallest absolute Gasteiger partial charge is 0.420 e. The predicted molar refractivity (Wildman–Crippen MR) is 73.9 cm³/mol. The Labute approximate surface area is 115 Å². The first-order valence-corrected chi connectivity index (χ1v) is 7.73. The van der Waals surface area contributed by atoms with Crippen LogP contribution in [0.5, 0.6) is 5.75 Å². The molecule has 108 valence electrons. The average molecular weight is 298 g/mol. The van der Waals surface area contributed by atoms with Gasteiger partial charge in [0.15, 0.2) is 0 Å². The molecular weight excluding hydrogens is 283 g/mol. The fraction of sp³-hybridized carbons (Fsp3) is 0.308. The second-order valence-electron chi connectivity index (χ2n) is 4.28. The third-order valence-corrected chi connectivity index (χ3v) is 3.44. The highest BCUT2D eigenvalue weighted by Crippen LogP contribution is 2.39. The lowest BCUT2D eigenvalue weighted by atomic mass is 10.00. The first-order valence-electron chi connectivity index (χ1n) is 6.20. The van der Waals surface area contributed by atoms with E-state index < -0.39 is 19.2 Å². The number of hydrogen-bond acceptors (Lipinski definition) is 4. The molecule has 2 N–H and O–H groups in total. The lowest BCUT2D eigenvalue weighted by Crippen LogP contribution is -2.09. The van der Waals surface area contributed by atoms with Gasteiger partial charge in [0.25, 0.3) is 0 Å². The molecule has 1 aromatic heterocycles. The molecule has 0 aliphatic heterocycles. The first kappa shape index (κ1) is 14.8. The lowest BCUT2D eigenvalue weighted by molar-refractivity contribution is 0.277. The van der Waals surface area contributed by atoms with Crippen LogP contribution in [0.4, 0.5) is 0 Å². The summed E-state index contributed by atoms with van der Waals surface area (Å²) in [5, 5.41) is 0.681. The molecule has 0 fully saturated rings. The van der Waals surface area contributed by atoms with Crippen molar-refractivity contribution in [2.75, 3.05) is 0 Å². The van der Waals surface area contributed by atoms with E-state index in [1.165, 1.54) is 0 Å². The van der Waals surface area contributed by atoms with Crippen molar-refractivity contribution in [1.82, 2.24) is 0 Å². The Hall–Kier alpha value is -1.62. The maximum absolute atomic E-state index is 11.9. The van der Waals surface area contributed by atoms with Crippen molar-refractivity contribution in [1.29, 1.82) is 0 Å². The zero-order valence-electron chi connectivity index (χ0n) is 11.1. The summed E-state index contributed by atoms with van der Waals surface area (Å²) in [5.74, 6) is -0.408. The molecule has 1 aromatic carbocycles. The molecule has 20 heavy (non-hydrogen) atoms. The summed E-state index contributed by atoms with van der Waals surface area (Å²) in [6.07, 6.45) is 1.10. The highest BCUT2D eigenvalue weighted by Gasteiger charge is 2.24. The lowest BCUT2D eigenvalue weighted by Gasteiger charge is -2.13. The summed E-state index contributed by atoms with van der Waals surface area (Å²) in [6, 6.07) is 5.30. The molecule has 0 unspecified atom stereocenters. The number of aryl methyl sites for hydroxylation is 2. The molecule has 6 nitrogen and oxygen atoms in total. The summed E-state index contributed by atoms with van der Waals surface area (Å²) >= 11 is 0. The number of fused-ring (bicyclic) bond motifs is 1. The van der Waals surface area contributed by atoms with Crippen LogP contribution >= 0.6 is 7.82 Å². The largest absolute Gasteiger partial charge is 0.525 e. The third kappa shape index (κ3) is 2.77. The molecule has 0 saturated carbocycles. The number of phosphoric ester groups is 1. The standard InChI is InChI=1S/C13H15O6P/c1-3-8-6-5-7-10-11(8)9(4-2)12(13(14)18-10)19-20(15,16)17/h5-7H,3-4H2,1-2H3,(H2,15,16,17). The molecule has 2 rings (SSSR count). The third-order valence-electron chi connectivity index (χ3n) is 3.02. The Balaban J connectivity index is 2.85. The predicted octanol–water partition coefficient (Wildman–Crippen LogP) is 2.39. The normalized spacial score (nSPS) is 11.8. The summed E-state index contributed by atoms with van der Waals surface area (Å²) in [5.41, 5.74) is 0.894. The zero-order valence-corrected chi connectivity index (χ0v) is 12.0. The topological polar surface area (TPSA) is 97.0 Å². The van der Waals surface area contributed by atoms with E-state index in [2.05, 4.69) is 4.52 Å². The molecular formula is C13H15O6P. The van der Waals surface area contributed by atoms with Crippen LogP contribution in [0, 0.1) is 0 Å². The molecule has 0 aliphatic carbocycles. The molecule has 0 saturated heterocycles. The number of rotatable bonds is 4. The second kappa shape index (κ2) is 5.40. The Morgan fingerprint density at radius 1 is 1.25 bits per heavy atom. The van der Waals surface area contributed by atoms with Crippen molar-refractivity contribution in [3.05, 3.63) is 39.7 Å². The van der Waals surface area contributed by atoms with Crippen LogP contribution in [-0.2, 0) is 17.4 Å². The summed E-state index contributed by atoms with van der Waals surface area (Å²) in [4.78, 5) is 29.7. The Kier molecular flexibility index (Phi) is 3.99. The van der Waals surface area contributed by atoms with Gasteiger partial charge in [0.05, 0.1) is 0 Å². The van der Waals surface area contributed by atoms with Crippen LogP contribution in [0.3, 0.4) is 0 Å². The monoisotopic (exact) mass is 298 g/mol. The zero-order chi connectivity index (χ0) is 14.9. The fourth-order valence-electron chi connectivity index (χ4n) is 2.23. The van der Waals surface area contributed by atoms with E-state index in [1.807, 2.05) is 13.0 Å². The van der Waals surface area contributed by atoms with Crippen molar-refractivity contribution >= 4 is 18.8 Å². The summed E-state index contributed by atoms with van der Waals surface area (Å²) < 4.78 is 20.6. The molecule has 1 heterocycles. The molecule has 0 bridgehead atoms. The number of benzene rings is 1. The molecule has 7 heteroatoms. The summed E-state index contributed by atoms with van der Waals surface area (Å²) in [6.45, 7) is 3.73. The minimum absolute atomic E-state index is 0.393. The summed E-state index contributed by atoms with van der Waals surface area (Å²) in [7, 11) is -4.82. The van der Waals surface area contributed by atoms with Crippen LogP contribution < -0.4 is 10.1 Å². The van der Waals surface area contributed by atoms with E-state index in [9.17, 15) is 9.36 Å². The van der Waals surface area contributed by atoms with Gasteiger partial charge in [-0.05, 0) is 24.5 Å². The van der Waals surface area contributed by atoms with Crippen LogP contribution in [-0.4, -0.2) is 9.79 Å². The molecule has 0 amide bonds. The van der Waals surface area contributed by atoms with Gasteiger partial charge in [0.2, 0.25) is 5.75 Å². The van der Waals surface area contributed by atoms with Gasteiger partial charge in [-0.3, -0.25) is 9.79 Å². The highest BCUT2D eigenvalue weighted by molar-refractivity contribution is 7.46. The quantitative estimate of drug-likeness (QED) is 0.664. The SMILES string of the molecule is CCc1cccc2oc(=O)c(OP(=O)(O)O)c(CC)c12. The van der Waals surface area contributed by atoms with Crippen molar-refractivity contribution in [3.8, 4) is 5.75 Å². The Morgan fingerprint density at radius 3 is 2.50 bits per heavy atom. The van der Waals surface area contributed by atoms with Crippen LogP contribution in [0.15, 0.2) is 27.4 Å². The Morgan fingerprint density at radius 2 is 1.95 bits per heavy atom. The molecule has 0 radical (unpaired) electrons. The molecule has 0 atom stereocenters. The van der Waals surface area contributed by atoms with Crippen LogP contribution in [0.1, 0.15) is 25.0 Å². The van der Waals surface area contributed by atoms with Gasteiger partial charge in [-0.2, -0.15) is 0 Å². The number of phosphoric acid groups is 1. The van der Waals surface area contributed by atoms with Crippen molar-refractivity contribution < 1.29 is 23.3 Å². The van der Waals surface area contributed by atoms with Crippen molar-refractivity contribution in [2.24, 2.45) is 0 Å². The minimum atomic E-state index is -4.82. The van der Waals surface area contributed by atoms with Gasteiger partial charge >= 0.3 is 13.4 Å². The van der Waals surface area contributed by atoms with Crippen LogP contribution in [0.2, 0.25) is 0 Å². The molecule has 2 aromatic rings. The van der Waals surface area contributed by atoms with E-state index in [-0.39, 0.29) is 0 Å². The van der Waals surface area contributed by atoms with Crippen molar-refractivity contribution in [3.63, 3.8) is 0 Å². The fourth-order valence-corrected chi connectivity index (χ4v) is 2.65. The maximum atomic E-state index is 11.9. The van der Waals surface area contributed by atoms with E-state index in [4.69, 9.17) is 14.2 Å². The van der Waals surface area contributed by atoms with Gasteiger partial charge < -0.3 is 8.94 Å². The second-order valence-corrected chi connectivity index (χ2v) is 5.44. The van der Waals surface area contributed by atoms with E-state index in [0.717, 1.165) is 5.56 Å². The molecule has 0 spiro atoms. The van der Waals surface area contributed by atoms with E-state index in [0.29, 0.717) is 29.4 Å². The first-order chi connectivity index (χ1) is 9.37. The van der Waals surface area contributed by atoms with Crippen LogP contribution in [0.25, 0.3) is 11.0 Å². The maximum Gasteiger partial charge on any atom is 0.525 e. The Bertz CT molecular complexity index is 742. The minimum Gasteiger partial charge on any atom is -0.420 e.